The Morgan fingerprint density at radius 2 is 2.22 bits per heavy atom. The third-order valence-corrected chi connectivity index (χ3v) is 1.48. The topological polar surface area (TPSA) is 64.9 Å². The molecule has 1 rings (SSSR count). The Hall–Kier alpha value is -0.540. The second-order valence-electron chi connectivity index (χ2n) is 2.17. The molecule has 9 heavy (non-hydrogen) atoms. The molecular weight excluding hydrogens is 142 g/mol. The van der Waals surface area contributed by atoms with Crippen LogP contribution >= 0.6 is 0 Å². The summed E-state index contributed by atoms with van der Waals surface area (Å²) in [6.07, 6.45) is 0.544. The molecule has 1 atom stereocenters. The van der Waals surface area contributed by atoms with Crippen molar-refractivity contribution >= 4 is 5.97 Å². The van der Waals surface area contributed by atoms with Crippen LogP contribution in [0.1, 0.15) is 6.42 Å². The lowest BCUT2D eigenvalue weighted by Crippen LogP contribution is -3.00. The third-order valence-electron chi connectivity index (χ3n) is 1.48. The summed E-state index contributed by atoms with van der Waals surface area (Å²) < 4.78 is 0. The minimum atomic E-state index is -0.859. The molecule has 0 spiro atoms. The van der Waals surface area contributed by atoms with Crippen molar-refractivity contribution in [2.75, 3.05) is 0 Å². The number of halogens is 1. The Morgan fingerprint density at radius 1 is 1.89 bits per heavy atom. The van der Waals surface area contributed by atoms with E-state index in [4.69, 9.17) is 5.11 Å². The van der Waals surface area contributed by atoms with Crippen LogP contribution < -0.4 is 18.1 Å². The number of aliphatic carboxylic acids is 1. The molecule has 0 radical (unpaired) electrons. The highest BCUT2D eigenvalue weighted by atomic mass is 35.5. The number of rotatable bonds is 1. The van der Waals surface area contributed by atoms with E-state index in [9.17, 15) is 4.79 Å². The molecule has 0 aromatic heterocycles. The molecule has 0 aromatic rings. The summed E-state index contributed by atoms with van der Waals surface area (Å²) in [6, 6.07) is 0. The van der Waals surface area contributed by atoms with E-state index in [1.54, 1.807) is 0 Å². The van der Waals surface area contributed by atoms with E-state index in [1.165, 1.54) is 0 Å². The van der Waals surface area contributed by atoms with Gasteiger partial charge in [0.15, 0.2) is 0 Å². The number of carboxylic acids is 1. The molecule has 0 bridgehead atoms. The van der Waals surface area contributed by atoms with Crippen LogP contribution in [0.5, 0.6) is 0 Å². The highest BCUT2D eigenvalue weighted by molar-refractivity contribution is 5.86. The van der Waals surface area contributed by atoms with Crippen molar-refractivity contribution in [3.63, 3.8) is 0 Å². The molecule has 0 amide bonds. The van der Waals surface area contributed by atoms with Crippen LogP contribution in [-0.4, -0.2) is 16.6 Å². The standard InChI is InChI=1S/C5H7NO2.ClH/c1-3-2-5(3,6)4(7)8;/h1-2,6H2,(H,7,8);1H. The van der Waals surface area contributed by atoms with Gasteiger partial charge in [0.05, 0.1) is 0 Å². The van der Waals surface area contributed by atoms with Crippen molar-refractivity contribution in [2.24, 2.45) is 0 Å². The van der Waals surface area contributed by atoms with Crippen molar-refractivity contribution in [1.29, 1.82) is 0 Å². The summed E-state index contributed by atoms with van der Waals surface area (Å²) in [5.41, 5.74) is 3.37. The summed E-state index contributed by atoms with van der Waals surface area (Å²) in [5.74, 6) is -0.859. The van der Waals surface area contributed by atoms with Gasteiger partial charge in [-0.3, -0.25) is 0 Å². The van der Waals surface area contributed by atoms with Crippen molar-refractivity contribution in [3.8, 4) is 0 Å². The first-order chi connectivity index (χ1) is 3.57. The van der Waals surface area contributed by atoms with Gasteiger partial charge in [0, 0.05) is 12.0 Å². The molecule has 3 nitrogen and oxygen atoms in total. The fraction of sp³-hybridized carbons (Fsp3) is 0.400. The molecule has 1 aliphatic rings. The summed E-state index contributed by atoms with van der Waals surface area (Å²) in [5, 5.41) is 8.36. The Balaban J connectivity index is 0.000000640. The fourth-order valence-corrected chi connectivity index (χ4v) is 0.547. The van der Waals surface area contributed by atoms with Gasteiger partial charge in [-0.1, -0.05) is 6.58 Å². The summed E-state index contributed by atoms with van der Waals surface area (Å²) in [7, 11) is 0. The minimum absolute atomic E-state index is 0. The third kappa shape index (κ3) is 1.06. The molecule has 52 valence electrons. The highest BCUT2D eigenvalue weighted by Crippen LogP contribution is 2.36. The van der Waals surface area contributed by atoms with Crippen LogP contribution in [0.15, 0.2) is 12.2 Å². The SMILES string of the molecule is C=C1CC1([NH3+])C(=O)O.[Cl-]. The van der Waals surface area contributed by atoms with Crippen molar-refractivity contribution in [1.82, 2.24) is 0 Å². The van der Waals surface area contributed by atoms with Crippen LogP contribution in [0, 0.1) is 0 Å². The molecule has 0 heterocycles. The second kappa shape index (κ2) is 2.01. The van der Waals surface area contributed by atoms with E-state index in [0.717, 1.165) is 5.57 Å². The maximum Gasteiger partial charge on any atom is 0.370 e. The average Bonchev–Trinajstić information content (AvgIpc) is 2.17. The molecule has 4 N–H and O–H groups in total. The lowest BCUT2D eigenvalue weighted by atomic mass is 10.3. The van der Waals surface area contributed by atoms with Crippen molar-refractivity contribution in [3.05, 3.63) is 12.2 Å². The first-order valence-corrected chi connectivity index (χ1v) is 2.34. The predicted octanol–water partition coefficient (Wildman–Crippen LogP) is -3.98. The van der Waals surface area contributed by atoms with Gasteiger partial charge in [0.25, 0.3) is 0 Å². The van der Waals surface area contributed by atoms with E-state index in [1.807, 2.05) is 0 Å². The normalized spacial score (nSPS) is 31.0. The molecular formula is C5H8ClNO2. The molecule has 0 aromatic carbocycles. The van der Waals surface area contributed by atoms with E-state index in [0.29, 0.717) is 6.42 Å². The lowest BCUT2D eigenvalue weighted by Gasteiger charge is -1.91. The first kappa shape index (κ1) is 8.46. The Kier molecular flexibility index (Phi) is 1.88. The largest absolute Gasteiger partial charge is 1.00 e. The molecule has 4 heteroatoms. The summed E-state index contributed by atoms with van der Waals surface area (Å²) in [6.45, 7) is 3.50. The van der Waals surface area contributed by atoms with Crippen molar-refractivity contribution in [2.45, 2.75) is 12.0 Å². The van der Waals surface area contributed by atoms with Crippen LogP contribution in [-0.2, 0) is 4.79 Å². The second-order valence-corrected chi connectivity index (χ2v) is 2.17. The fourth-order valence-electron chi connectivity index (χ4n) is 0.547. The van der Waals surface area contributed by atoms with Gasteiger partial charge in [-0.15, -0.1) is 0 Å². The van der Waals surface area contributed by atoms with Gasteiger partial charge in [-0.25, -0.2) is 4.79 Å². The van der Waals surface area contributed by atoms with E-state index >= 15 is 0 Å². The van der Waals surface area contributed by atoms with Gasteiger partial charge >= 0.3 is 5.97 Å². The van der Waals surface area contributed by atoms with Crippen LogP contribution in [0.4, 0.5) is 0 Å². The zero-order valence-corrected chi connectivity index (χ0v) is 5.61. The van der Waals surface area contributed by atoms with Crippen LogP contribution in [0.3, 0.4) is 0 Å². The van der Waals surface area contributed by atoms with Gasteiger partial charge < -0.3 is 23.2 Å². The first-order valence-electron chi connectivity index (χ1n) is 2.34. The van der Waals surface area contributed by atoms with E-state index in [-0.39, 0.29) is 12.4 Å². The number of carbonyl (C=O) groups is 1. The van der Waals surface area contributed by atoms with Crippen molar-refractivity contribution < 1.29 is 28.0 Å². The molecule has 1 aliphatic carbocycles. The number of carboxylic acid groups (broad SMARTS) is 1. The monoisotopic (exact) mass is 149 g/mol. The van der Waals surface area contributed by atoms with Gasteiger partial charge in [-0.05, 0) is 0 Å². The summed E-state index contributed by atoms with van der Waals surface area (Å²) in [4.78, 5) is 10.2. The quantitative estimate of drug-likeness (QED) is 0.374. The maximum atomic E-state index is 10.2. The molecule has 1 saturated carbocycles. The zero-order chi connectivity index (χ0) is 6.36. The van der Waals surface area contributed by atoms with E-state index in [2.05, 4.69) is 12.3 Å². The zero-order valence-electron chi connectivity index (χ0n) is 4.85. The van der Waals surface area contributed by atoms with Crippen LogP contribution in [0.25, 0.3) is 0 Å². The highest BCUT2D eigenvalue weighted by Gasteiger charge is 2.56. The lowest BCUT2D eigenvalue weighted by molar-refractivity contribution is -0.418. The Labute approximate surface area is 59.0 Å². The Morgan fingerprint density at radius 3 is 2.22 bits per heavy atom. The molecule has 1 unspecified atom stereocenters. The van der Waals surface area contributed by atoms with E-state index < -0.39 is 11.5 Å². The number of hydrogen-bond acceptors (Lipinski definition) is 1. The molecule has 1 fully saturated rings. The smallest absolute Gasteiger partial charge is 0.370 e. The Bertz CT molecular complexity index is 168. The maximum absolute atomic E-state index is 10.2. The molecule has 0 saturated heterocycles. The predicted molar refractivity (Wildman–Crippen MR) is 27.0 cm³/mol. The van der Waals surface area contributed by atoms with Gasteiger partial charge in [0.2, 0.25) is 5.54 Å². The number of hydrogen-bond donors (Lipinski definition) is 2. The van der Waals surface area contributed by atoms with Gasteiger partial charge in [0.1, 0.15) is 0 Å². The summed E-state index contributed by atoms with van der Waals surface area (Å²) >= 11 is 0. The number of quaternary nitrogens is 1. The minimum Gasteiger partial charge on any atom is -1.00 e. The average molecular weight is 150 g/mol. The van der Waals surface area contributed by atoms with Crippen LogP contribution in [0.2, 0.25) is 0 Å². The molecule has 0 aliphatic heterocycles. The van der Waals surface area contributed by atoms with Gasteiger partial charge in [-0.2, -0.15) is 0 Å².